The third kappa shape index (κ3) is 6.95. The van der Waals surface area contributed by atoms with Crippen molar-refractivity contribution in [1.29, 1.82) is 0 Å². The predicted octanol–water partition coefficient (Wildman–Crippen LogP) is 3.70. The van der Waals surface area contributed by atoms with Crippen molar-refractivity contribution >= 4 is 11.6 Å². The zero-order chi connectivity index (χ0) is 31.7. The fourth-order valence-corrected chi connectivity index (χ4v) is 5.96. The maximum absolute atomic E-state index is 13.4. The summed E-state index contributed by atoms with van der Waals surface area (Å²) < 4.78 is 24.6. The van der Waals surface area contributed by atoms with Gasteiger partial charge in [0.25, 0.3) is 0 Å². The summed E-state index contributed by atoms with van der Waals surface area (Å²) in [6, 6.07) is 25.9. The molecule has 245 valence electrons. The Bertz CT molecular complexity index is 1620. The van der Waals surface area contributed by atoms with Crippen molar-refractivity contribution in [1.82, 2.24) is 0 Å². The van der Waals surface area contributed by atoms with E-state index in [1.54, 1.807) is 66.7 Å². The number of benzene rings is 4. The van der Waals surface area contributed by atoms with Crippen molar-refractivity contribution in [3.63, 3.8) is 0 Å². The molecule has 0 bridgehead atoms. The molecule has 7 atom stereocenters. The van der Waals surface area contributed by atoms with Crippen LogP contribution in [0.5, 0.6) is 11.5 Å². The van der Waals surface area contributed by atoms with Gasteiger partial charge in [0.05, 0.1) is 18.1 Å². The number of aliphatic hydroxyl groups excluding tert-OH is 4. The first-order valence-corrected chi connectivity index (χ1v) is 14.6. The van der Waals surface area contributed by atoms with E-state index >= 15 is 0 Å². The Morgan fingerprint density at radius 3 is 2.26 bits per heavy atom. The molecule has 5 N–H and O–H groups in total. The average molecular weight is 780 g/mol. The van der Waals surface area contributed by atoms with Crippen molar-refractivity contribution in [2.75, 3.05) is 18.1 Å². The van der Waals surface area contributed by atoms with E-state index < -0.39 is 48.3 Å². The van der Waals surface area contributed by atoms with Crippen molar-refractivity contribution in [2.24, 2.45) is 5.92 Å². The molecular formula is C35H33FHoNO8-. The summed E-state index contributed by atoms with van der Waals surface area (Å²) in [5.74, 6) is -1.36. The van der Waals surface area contributed by atoms with Crippen LogP contribution in [0.4, 0.5) is 10.1 Å². The summed E-state index contributed by atoms with van der Waals surface area (Å²) in [4.78, 5) is 14.9. The molecule has 0 spiro atoms. The number of anilines is 1. The maximum atomic E-state index is 13.4. The zero-order valence-electron chi connectivity index (χ0n) is 24.4. The smallest absolute Gasteiger partial charge is 0.235 e. The summed E-state index contributed by atoms with van der Waals surface area (Å²) in [5, 5.41) is 52.4. The predicted molar refractivity (Wildman–Crippen MR) is 163 cm³/mol. The Morgan fingerprint density at radius 1 is 0.935 bits per heavy atom. The minimum atomic E-state index is -1.21. The van der Waals surface area contributed by atoms with Crippen molar-refractivity contribution in [3.8, 4) is 22.6 Å². The van der Waals surface area contributed by atoms with Gasteiger partial charge in [-0.1, -0.05) is 54.6 Å². The van der Waals surface area contributed by atoms with Crippen LogP contribution in [-0.2, 0) is 9.53 Å². The second kappa shape index (κ2) is 14.8. The molecular weight excluding hydrogens is 746 g/mol. The first-order chi connectivity index (χ1) is 21.7. The quantitative estimate of drug-likeness (QED) is 0.0986. The van der Waals surface area contributed by atoms with Crippen LogP contribution in [-0.4, -0.2) is 69.1 Å². The summed E-state index contributed by atoms with van der Waals surface area (Å²) in [7, 11) is 0. The molecule has 11 heteroatoms. The molecule has 46 heavy (non-hydrogen) atoms. The topological polar surface area (TPSA) is 140 Å². The van der Waals surface area contributed by atoms with Gasteiger partial charge in [-0.05, 0) is 71.4 Å². The number of aliphatic hydroxyl groups is 4. The van der Waals surface area contributed by atoms with Gasteiger partial charge in [0, 0.05) is 55.6 Å². The minimum Gasteiger partial charge on any atom is -0.508 e. The molecule has 2 saturated heterocycles. The second-order valence-electron chi connectivity index (χ2n) is 11.2. The number of β-lactam (4-membered cyclic amide) rings is 1. The van der Waals surface area contributed by atoms with Crippen LogP contribution in [0.1, 0.15) is 23.3 Å². The van der Waals surface area contributed by atoms with Crippen LogP contribution in [0.25, 0.3) is 11.1 Å². The molecule has 6 rings (SSSR count). The zero-order valence-corrected chi connectivity index (χ0v) is 26.3. The number of halogens is 1. The van der Waals surface area contributed by atoms with E-state index in [1.807, 2.05) is 6.07 Å². The van der Waals surface area contributed by atoms with Crippen LogP contribution in [0.2, 0.25) is 0 Å². The normalized spacial score (nSPS) is 24.9. The van der Waals surface area contributed by atoms with Crippen molar-refractivity contribution in [2.45, 2.75) is 36.6 Å². The standard InChI is InChI=1S/C35H33FNO8.Ho/c36-23-11-13-25(14-12-23)44-19-30(41)31-32(37(35(31)43)24-4-2-1-3-5-24)27-15-10-22(16-28(27)39)20-6-8-21(9-7-20)34-33(42)29(40)17-26(18-38)45-34;/h1-17,26,29-34,38-42H,18-19H2;/q-1;. The molecule has 1 radical (unpaired) electrons. The van der Waals surface area contributed by atoms with E-state index in [-0.39, 0.29) is 62.6 Å². The molecule has 0 saturated carbocycles. The molecule has 4 aromatic carbocycles. The number of hydrogen-bond acceptors (Lipinski definition) is 8. The Labute approximate surface area is 295 Å². The molecule has 0 aromatic heterocycles. The van der Waals surface area contributed by atoms with E-state index in [2.05, 4.69) is 0 Å². The maximum Gasteiger partial charge on any atom is 0.235 e. The Hall–Kier alpha value is -3.06. The van der Waals surface area contributed by atoms with Gasteiger partial charge < -0.3 is 39.9 Å². The van der Waals surface area contributed by atoms with Gasteiger partial charge in [0.1, 0.15) is 36.1 Å². The Morgan fingerprint density at radius 2 is 1.61 bits per heavy atom. The monoisotopic (exact) mass is 779 g/mol. The van der Waals surface area contributed by atoms with E-state index in [0.717, 1.165) is 5.56 Å². The van der Waals surface area contributed by atoms with Gasteiger partial charge in [0.2, 0.25) is 5.91 Å². The van der Waals surface area contributed by atoms with Crippen LogP contribution < -0.4 is 9.64 Å². The molecule has 2 heterocycles. The van der Waals surface area contributed by atoms with Crippen LogP contribution >= 0.6 is 0 Å². The van der Waals surface area contributed by atoms with Gasteiger partial charge in [0.15, 0.2) is 0 Å². The van der Waals surface area contributed by atoms with Gasteiger partial charge in [-0.3, -0.25) is 11.2 Å². The second-order valence-corrected chi connectivity index (χ2v) is 11.2. The fourth-order valence-electron chi connectivity index (χ4n) is 5.96. The van der Waals surface area contributed by atoms with E-state index in [9.17, 15) is 34.7 Å². The SMILES string of the molecule is O=C1C(C(O)COc2ccc(F)cc2)C(c2ccc(-c3ccc(C4OC(CO)[CH-]C(O)C4O)cc3)cc2O)N1c1ccccc1.[Ho]. The molecule has 7 unspecified atom stereocenters. The average Bonchev–Trinajstić information content (AvgIpc) is 3.05. The van der Waals surface area contributed by atoms with Gasteiger partial charge in [-0.15, -0.1) is 0 Å². The third-order valence-corrected chi connectivity index (χ3v) is 8.32. The number of amides is 1. The first-order valence-electron chi connectivity index (χ1n) is 14.6. The first kappa shape index (κ1) is 34.3. The molecule has 9 nitrogen and oxygen atoms in total. The minimum absolute atomic E-state index is 0. The Balaban J connectivity index is 0.00000417. The van der Waals surface area contributed by atoms with Gasteiger partial charge in [-0.25, -0.2) is 4.39 Å². The number of aromatic hydroxyl groups is 1. The number of ether oxygens (including phenoxy) is 2. The van der Waals surface area contributed by atoms with E-state index in [0.29, 0.717) is 28.1 Å². The fraction of sp³-hybridized carbons (Fsp3) is 0.257. The number of phenols is 1. The number of rotatable bonds is 9. The number of hydrogen-bond donors (Lipinski definition) is 5. The number of carbonyl (C=O) groups excluding carboxylic acids is 1. The van der Waals surface area contributed by atoms with Crippen molar-refractivity contribution < 1.29 is 81.9 Å². The van der Waals surface area contributed by atoms with Crippen LogP contribution in [0.15, 0.2) is 97.1 Å². The Kier molecular flexibility index (Phi) is 11.0. The number of carbonyl (C=O) groups is 1. The summed E-state index contributed by atoms with van der Waals surface area (Å²) >= 11 is 0. The molecule has 1 amide bonds. The number of para-hydroxylation sites is 1. The number of nitrogens with zero attached hydrogens (tertiary/aromatic N) is 1. The van der Waals surface area contributed by atoms with Crippen LogP contribution in [0.3, 0.4) is 0 Å². The van der Waals surface area contributed by atoms with Crippen LogP contribution in [0, 0.1) is 55.9 Å². The molecule has 0 aliphatic carbocycles. The summed E-state index contributed by atoms with van der Waals surface area (Å²) in [6.07, 6.45) is -3.72. The van der Waals surface area contributed by atoms with Crippen molar-refractivity contribution in [3.05, 3.63) is 120 Å². The van der Waals surface area contributed by atoms with E-state index in [4.69, 9.17) is 9.47 Å². The largest absolute Gasteiger partial charge is 0.508 e. The number of phenolic OH excluding ortho intramolecular Hbond substituents is 1. The molecule has 4 aromatic rings. The summed E-state index contributed by atoms with van der Waals surface area (Å²) in [6.45, 7) is -0.530. The molecule has 2 aliphatic rings. The molecule has 2 fully saturated rings. The third-order valence-electron chi connectivity index (χ3n) is 8.32. The molecule has 2 aliphatic heterocycles. The van der Waals surface area contributed by atoms with Gasteiger partial charge >= 0.3 is 0 Å². The van der Waals surface area contributed by atoms with Gasteiger partial charge in [-0.2, -0.15) is 0 Å². The summed E-state index contributed by atoms with van der Waals surface area (Å²) in [5.41, 5.74) is 3.12. The van der Waals surface area contributed by atoms with E-state index in [1.165, 1.54) is 35.6 Å².